The van der Waals surface area contributed by atoms with Gasteiger partial charge in [0.2, 0.25) is 0 Å². The number of hydrogen-bond donors (Lipinski definition) is 0. The van der Waals surface area contributed by atoms with Crippen molar-refractivity contribution in [2.45, 2.75) is 19.3 Å². The Hall–Kier alpha value is -3.38. The van der Waals surface area contributed by atoms with Crippen molar-refractivity contribution in [2.24, 2.45) is 9.85 Å². The third kappa shape index (κ3) is 3.89. The first-order chi connectivity index (χ1) is 18.5. The van der Waals surface area contributed by atoms with Crippen molar-refractivity contribution in [1.82, 2.24) is 4.67 Å². The highest BCUT2D eigenvalue weighted by atomic mass is 31.2. The topological polar surface area (TPSA) is 52.9 Å². The van der Waals surface area contributed by atoms with E-state index < -0.39 is 7.36 Å². The van der Waals surface area contributed by atoms with Crippen LogP contribution in [0.4, 0.5) is 17.1 Å². The summed E-state index contributed by atoms with van der Waals surface area (Å²) in [5, 5.41) is 6.31. The Balaban J connectivity index is 1.67. The number of methoxy groups -OCH3 is 1. The molecule has 38 heavy (non-hydrogen) atoms. The van der Waals surface area contributed by atoms with Crippen LogP contribution in [-0.2, 0) is 10.2 Å². The van der Waals surface area contributed by atoms with Gasteiger partial charge in [0.15, 0.2) is 7.36 Å². The molecule has 0 amide bonds. The fourth-order valence-corrected chi connectivity index (χ4v) is 9.70. The van der Waals surface area contributed by atoms with Crippen LogP contribution >= 0.6 is 7.36 Å². The average Bonchev–Trinajstić information content (AvgIpc) is 3.42. The molecule has 0 N–H and O–H groups in total. The zero-order valence-electron chi connectivity index (χ0n) is 22.4. The van der Waals surface area contributed by atoms with Gasteiger partial charge in [-0.25, -0.2) is 14.2 Å². The third-order valence-electron chi connectivity index (χ3n) is 7.68. The smallest absolute Gasteiger partial charge is 0.180 e. The number of anilines is 2. The summed E-state index contributed by atoms with van der Waals surface area (Å²) in [5.74, 6) is 0.816. The van der Waals surface area contributed by atoms with E-state index in [1.54, 1.807) is 7.11 Å². The number of likely N-dealkylation sites (N-methyl/N-ethyl adjacent to an activating group) is 1. The number of benzene rings is 3. The summed E-state index contributed by atoms with van der Waals surface area (Å²) >= 11 is 0. The fourth-order valence-electron chi connectivity index (χ4n) is 5.88. The lowest BCUT2D eigenvalue weighted by molar-refractivity contribution is 0.0743. The largest absolute Gasteiger partial charge is 0.497 e. The van der Waals surface area contributed by atoms with E-state index >= 15 is 0 Å². The van der Waals surface area contributed by atoms with E-state index in [4.69, 9.17) is 19.3 Å². The maximum atomic E-state index is 5.83. The molecule has 3 heterocycles. The van der Waals surface area contributed by atoms with Gasteiger partial charge in [-0.05, 0) is 48.0 Å². The van der Waals surface area contributed by atoms with Crippen molar-refractivity contribution in [3.63, 3.8) is 0 Å². The molecule has 0 aromatic heterocycles. The van der Waals surface area contributed by atoms with Crippen LogP contribution in [0.15, 0.2) is 99.7 Å². The number of nitrogens with zero attached hydrogens (tertiary/aromatic N) is 5. The van der Waals surface area contributed by atoms with Crippen LogP contribution < -0.4 is 14.4 Å². The summed E-state index contributed by atoms with van der Waals surface area (Å²) in [6.07, 6.45) is 2.07. The number of morpholine rings is 1. The summed E-state index contributed by atoms with van der Waals surface area (Å²) in [6.45, 7) is 7.55. The molecular weight excluding hydrogens is 493 g/mol. The zero-order chi connectivity index (χ0) is 26.3. The van der Waals surface area contributed by atoms with Crippen LogP contribution in [0.2, 0.25) is 0 Å². The van der Waals surface area contributed by atoms with Gasteiger partial charge in [-0.3, -0.25) is 0 Å². The third-order valence-corrected chi connectivity index (χ3v) is 11.2. The molecule has 1 saturated heterocycles. The molecule has 0 saturated carbocycles. The monoisotopic (exact) mass is 527 g/mol. The van der Waals surface area contributed by atoms with E-state index in [0.717, 1.165) is 30.2 Å². The van der Waals surface area contributed by atoms with Gasteiger partial charge >= 0.3 is 0 Å². The minimum Gasteiger partial charge on any atom is -0.497 e. The predicted molar refractivity (Wildman–Crippen MR) is 157 cm³/mol. The van der Waals surface area contributed by atoms with Crippen LogP contribution in [0.25, 0.3) is 0 Å². The molecule has 3 aliphatic rings. The quantitative estimate of drug-likeness (QED) is 0.348. The number of rotatable bonds is 4. The van der Waals surface area contributed by atoms with E-state index in [1.807, 2.05) is 30.3 Å². The number of para-hydroxylation sites is 2. The summed E-state index contributed by atoms with van der Waals surface area (Å²) in [7, 11) is 1.25. The maximum absolute atomic E-state index is 5.83. The number of ether oxygens (including phenoxy) is 2. The minimum atomic E-state index is -2.62. The molecule has 8 heteroatoms. The van der Waals surface area contributed by atoms with Gasteiger partial charge in [0.25, 0.3) is 0 Å². The van der Waals surface area contributed by atoms with Gasteiger partial charge in [0.1, 0.15) is 5.75 Å². The zero-order valence-corrected chi connectivity index (χ0v) is 23.3. The van der Waals surface area contributed by atoms with Crippen molar-refractivity contribution < 1.29 is 9.47 Å². The van der Waals surface area contributed by atoms with Crippen LogP contribution in [0.1, 0.15) is 19.4 Å². The average molecular weight is 528 g/mol. The molecule has 1 unspecified atom stereocenters. The molecule has 3 aromatic rings. The summed E-state index contributed by atoms with van der Waals surface area (Å²) in [4.78, 5) is 2.35. The molecule has 0 bridgehead atoms. The Morgan fingerprint density at radius 2 is 1.61 bits per heavy atom. The first kappa shape index (κ1) is 24.9. The van der Waals surface area contributed by atoms with Crippen molar-refractivity contribution >= 4 is 30.6 Å². The minimum absolute atomic E-state index is 0.216. The first-order valence-electron chi connectivity index (χ1n) is 13.0. The molecule has 1 atom stereocenters. The van der Waals surface area contributed by atoms with Crippen molar-refractivity contribution in [2.75, 3.05) is 50.1 Å². The van der Waals surface area contributed by atoms with E-state index in [0.29, 0.717) is 13.2 Å². The summed E-state index contributed by atoms with van der Waals surface area (Å²) in [6, 6.07) is 27.2. The lowest BCUT2D eigenvalue weighted by Gasteiger charge is -2.42. The van der Waals surface area contributed by atoms with E-state index in [2.05, 4.69) is 90.0 Å². The first-order valence-corrected chi connectivity index (χ1v) is 14.7. The van der Waals surface area contributed by atoms with Gasteiger partial charge in [-0.1, -0.05) is 50.2 Å². The van der Waals surface area contributed by atoms with Crippen molar-refractivity contribution in [3.05, 3.63) is 95.4 Å². The second-order valence-corrected chi connectivity index (χ2v) is 13.0. The predicted octanol–water partition coefficient (Wildman–Crippen LogP) is 6.84. The second kappa shape index (κ2) is 9.73. The molecule has 0 aliphatic carbocycles. The molecular formula is C30H34N5O2P. The van der Waals surface area contributed by atoms with E-state index in [-0.39, 0.29) is 5.41 Å². The molecule has 0 radical (unpaired) electrons. The fraction of sp³-hybridized carbons (Fsp3) is 0.300. The van der Waals surface area contributed by atoms with Crippen molar-refractivity contribution in [3.8, 4) is 5.75 Å². The van der Waals surface area contributed by atoms with Crippen LogP contribution in [0, 0.1) is 0 Å². The van der Waals surface area contributed by atoms with Crippen LogP contribution in [-0.4, -0.2) is 51.3 Å². The van der Waals surface area contributed by atoms with Gasteiger partial charge < -0.3 is 14.4 Å². The highest BCUT2D eigenvalue weighted by Crippen LogP contribution is 2.70. The SMILES string of the molecule is COc1ccc(N=P2(N3CCOCC3)/C(=C3\N(C)c4ccccc4C3(C)C)C=NN2c2ccccc2)cc1. The van der Waals surface area contributed by atoms with Gasteiger partial charge in [0, 0.05) is 36.9 Å². The molecule has 6 rings (SSSR count). The van der Waals surface area contributed by atoms with Gasteiger partial charge in [-0.2, -0.15) is 5.10 Å². The highest BCUT2D eigenvalue weighted by molar-refractivity contribution is 7.71. The molecule has 3 aliphatic heterocycles. The second-order valence-electron chi connectivity index (χ2n) is 10.2. The summed E-state index contributed by atoms with van der Waals surface area (Å²) < 4.78 is 21.7. The van der Waals surface area contributed by atoms with E-state index in [9.17, 15) is 0 Å². The normalized spacial score (nSPS) is 24.5. The Bertz CT molecular complexity index is 1440. The molecule has 196 valence electrons. The lowest BCUT2D eigenvalue weighted by atomic mass is 9.84. The van der Waals surface area contributed by atoms with Gasteiger partial charge in [0.05, 0.1) is 43.2 Å². The van der Waals surface area contributed by atoms with Crippen LogP contribution in [0.5, 0.6) is 5.75 Å². The van der Waals surface area contributed by atoms with E-state index in [1.165, 1.54) is 22.3 Å². The molecule has 7 nitrogen and oxygen atoms in total. The molecule has 1 fully saturated rings. The van der Waals surface area contributed by atoms with Crippen LogP contribution in [0.3, 0.4) is 0 Å². The molecule has 0 spiro atoms. The van der Waals surface area contributed by atoms with Gasteiger partial charge in [-0.15, -0.1) is 0 Å². The number of fused-ring (bicyclic) bond motifs is 1. The Morgan fingerprint density at radius 1 is 0.921 bits per heavy atom. The van der Waals surface area contributed by atoms with Crippen molar-refractivity contribution in [1.29, 1.82) is 0 Å². The number of allylic oxidation sites excluding steroid dienone is 2. The summed E-state index contributed by atoms with van der Waals surface area (Å²) in [5.41, 5.74) is 5.53. The number of hydrogen-bond acceptors (Lipinski definition) is 5. The Labute approximate surface area is 225 Å². The Morgan fingerprint density at radius 3 is 2.29 bits per heavy atom. The maximum Gasteiger partial charge on any atom is 0.180 e. The molecule has 3 aromatic carbocycles. The lowest BCUT2D eigenvalue weighted by Crippen LogP contribution is -2.38. The highest BCUT2D eigenvalue weighted by Gasteiger charge is 2.49. The standard InChI is InChI=1S/C30H34N5O2P/c1-30(2)26-12-8-9-13-27(26)33(3)29(30)28-22-31-35(24-10-6-5-7-11-24)38(28,34-18-20-37-21-19-34)32-23-14-16-25(36-4)17-15-23/h5-17,22H,18-21H2,1-4H3/b29-28-. The Kier molecular flexibility index (Phi) is 6.39. The number of hydrazone groups is 1.